The fourth-order valence-corrected chi connectivity index (χ4v) is 11.1. The Morgan fingerprint density at radius 1 is 0.896 bits per heavy atom. The number of alkyl halides is 3. The number of likely N-dealkylation sites (tertiary alicyclic amines) is 1. The van der Waals surface area contributed by atoms with E-state index >= 15 is 0 Å². The van der Waals surface area contributed by atoms with Gasteiger partial charge in [-0.15, -0.1) is 11.3 Å². The standard InChI is InChI=1S/C56H60F3N7O9S2/c1-35(2)48(64-33-40-9-6-7-10-44(40)51(64)68)52(69)63-20-8-11-46(63)50(67)61-32-39-13-12-37(49-36(3)62-34-77-49)29-47(39)75-28-26-73-24-22-71-21-23-72-25-27-74-43-18-16-41(17-19-43)66-54(76)65(53(70)55(66,4)5)42-15-14-38(31-60)45(30-42)56(57,58)59/h6-7,9-10,12-19,29-30,34-35,46,48H,8,11,20-28,32-33H2,1-5H3,(H,61,67)/t46-,48?/m0/s1. The summed E-state index contributed by atoms with van der Waals surface area (Å²) in [6.07, 6.45) is -3.61. The van der Waals surface area contributed by atoms with Crippen molar-refractivity contribution in [2.75, 3.05) is 69.2 Å². The van der Waals surface area contributed by atoms with E-state index in [1.54, 1.807) is 70.5 Å². The van der Waals surface area contributed by atoms with Crippen LogP contribution in [0.3, 0.4) is 0 Å². The summed E-state index contributed by atoms with van der Waals surface area (Å²) in [6, 6.07) is 23.3. The first kappa shape index (κ1) is 56.2. The number of rotatable bonds is 23. The number of ether oxygens (including phenoxy) is 5. The molecule has 1 unspecified atom stereocenters. The lowest BCUT2D eigenvalue weighted by atomic mass is 10.0. The van der Waals surface area contributed by atoms with Crippen molar-refractivity contribution in [2.24, 2.45) is 5.92 Å². The van der Waals surface area contributed by atoms with Gasteiger partial charge in [0.2, 0.25) is 11.8 Å². The van der Waals surface area contributed by atoms with E-state index in [0.29, 0.717) is 75.1 Å². The predicted molar refractivity (Wildman–Crippen MR) is 287 cm³/mol. The first-order valence-corrected chi connectivity index (χ1v) is 26.6. The smallest absolute Gasteiger partial charge is 0.417 e. The Bertz CT molecular complexity index is 3020. The molecule has 3 aliphatic rings. The first-order valence-electron chi connectivity index (χ1n) is 25.3. The molecule has 0 spiro atoms. The van der Waals surface area contributed by atoms with E-state index in [1.165, 1.54) is 17.4 Å². The zero-order valence-corrected chi connectivity index (χ0v) is 45.0. The molecule has 0 radical (unpaired) electrons. The van der Waals surface area contributed by atoms with E-state index in [-0.39, 0.29) is 67.4 Å². The Balaban J connectivity index is 0.742. The lowest BCUT2D eigenvalue weighted by Crippen LogP contribution is -2.55. The van der Waals surface area contributed by atoms with Crippen molar-refractivity contribution in [3.63, 3.8) is 0 Å². The highest BCUT2D eigenvalue weighted by atomic mass is 32.1. The van der Waals surface area contributed by atoms with Gasteiger partial charge < -0.3 is 43.7 Å². The third-order valence-electron chi connectivity index (χ3n) is 13.6. The number of nitrogens with zero attached hydrogens (tertiary/aromatic N) is 6. The molecule has 0 bridgehead atoms. The van der Waals surface area contributed by atoms with Crippen LogP contribution in [0, 0.1) is 24.2 Å². The lowest BCUT2D eigenvalue weighted by molar-refractivity contribution is -0.143. The zero-order valence-electron chi connectivity index (χ0n) is 43.4. The van der Waals surface area contributed by atoms with Gasteiger partial charge in [-0.2, -0.15) is 18.4 Å². The van der Waals surface area contributed by atoms with Crippen molar-refractivity contribution in [3.05, 3.63) is 124 Å². The quantitative estimate of drug-likeness (QED) is 0.0486. The highest BCUT2D eigenvalue weighted by molar-refractivity contribution is 7.81. The van der Waals surface area contributed by atoms with E-state index in [9.17, 15) is 37.6 Å². The number of halogens is 3. The minimum atomic E-state index is -4.80. The van der Waals surface area contributed by atoms with Gasteiger partial charge in [-0.1, -0.05) is 44.2 Å². The molecule has 406 valence electrons. The third-order valence-corrected chi connectivity index (χ3v) is 15.0. The van der Waals surface area contributed by atoms with Gasteiger partial charge in [-0.3, -0.25) is 24.1 Å². The summed E-state index contributed by atoms with van der Waals surface area (Å²) in [5.41, 5.74) is 3.36. The third kappa shape index (κ3) is 12.6. The van der Waals surface area contributed by atoms with Crippen LogP contribution in [0.1, 0.15) is 78.8 Å². The molecule has 4 amide bonds. The SMILES string of the molecule is Cc1ncsc1-c1ccc(CNC(=O)[C@@H]2CCCN2C(=O)C(C(C)C)N2Cc3ccccc3C2=O)c(OCCOCCOCCOCCOc2ccc(N3C(=S)N(c4ccc(C#N)c(C(F)(F)F)c4)C(=O)C3(C)C)cc2)c1. The van der Waals surface area contributed by atoms with Gasteiger partial charge in [0.1, 0.15) is 42.3 Å². The number of amides is 4. The van der Waals surface area contributed by atoms with Crippen LogP contribution in [-0.2, 0) is 47.9 Å². The van der Waals surface area contributed by atoms with Gasteiger partial charge in [0.15, 0.2) is 5.11 Å². The number of fused-ring (bicyclic) bond motifs is 1. The minimum absolute atomic E-state index is 0.0102. The first-order chi connectivity index (χ1) is 36.9. The van der Waals surface area contributed by atoms with Crippen molar-refractivity contribution in [3.8, 4) is 28.0 Å². The van der Waals surface area contributed by atoms with Gasteiger partial charge >= 0.3 is 6.18 Å². The second-order valence-electron chi connectivity index (χ2n) is 19.5. The van der Waals surface area contributed by atoms with Gasteiger partial charge in [-0.05, 0) is 117 Å². The van der Waals surface area contributed by atoms with Crippen molar-refractivity contribution >= 4 is 63.7 Å². The maximum atomic E-state index is 14.2. The summed E-state index contributed by atoms with van der Waals surface area (Å²) >= 11 is 7.15. The van der Waals surface area contributed by atoms with Crippen molar-refractivity contribution in [1.29, 1.82) is 5.26 Å². The van der Waals surface area contributed by atoms with Crippen molar-refractivity contribution < 1.29 is 56.0 Å². The Labute approximate surface area is 454 Å². The van der Waals surface area contributed by atoms with Crippen LogP contribution in [0.2, 0.25) is 0 Å². The summed E-state index contributed by atoms with van der Waals surface area (Å²) in [5.74, 6) is -0.231. The van der Waals surface area contributed by atoms with Crippen LogP contribution in [0.15, 0.2) is 90.4 Å². The van der Waals surface area contributed by atoms with Crippen LogP contribution in [0.4, 0.5) is 24.5 Å². The van der Waals surface area contributed by atoms with Crippen LogP contribution in [0.5, 0.6) is 11.5 Å². The molecule has 1 aromatic heterocycles. The van der Waals surface area contributed by atoms with E-state index in [2.05, 4.69) is 10.3 Å². The summed E-state index contributed by atoms with van der Waals surface area (Å²) in [6.45, 7) is 12.3. The summed E-state index contributed by atoms with van der Waals surface area (Å²) in [5, 5.41) is 12.3. The minimum Gasteiger partial charge on any atom is -0.491 e. The van der Waals surface area contributed by atoms with Gasteiger partial charge in [0.05, 0.1) is 78.6 Å². The number of nitrogens with one attached hydrogen (secondary N) is 1. The summed E-state index contributed by atoms with van der Waals surface area (Å²) < 4.78 is 70.4. The molecule has 2 atom stereocenters. The molecule has 16 nitrogen and oxygen atoms in total. The number of carbonyl (C=O) groups excluding carboxylic acids is 4. The maximum Gasteiger partial charge on any atom is 0.417 e. The molecule has 2 saturated heterocycles. The number of hydrogen-bond donors (Lipinski definition) is 1. The zero-order chi connectivity index (χ0) is 55.0. The van der Waals surface area contributed by atoms with Crippen molar-refractivity contribution in [2.45, 2.75) is 84.3 Å². The van der Waals surface area contributed by atoms with Crippen molar-refractivity contribution in [1.82, 2.24) is 20.1 Å². The van der Waals surface area contributed by atoms with Crippen LogP contribution in [0.25, 0.3) is 10.4 Å². The average Bonchev–Trinajstić information content (AvgIpc) is 4.19. The highest BCUT2D eigenvalue weighted by Gasteiger charge is 2.51. The van der Waals surface area contributed by atoms with Crippen LogP contribution < -0.4 is 24.6 Å². The molecule has 21 heteroatoms. The second-order valence-corrected chi connectivity index (χ2v) is 20.7. The molecule has 2 fully saturated rings. The molecule has 1 N–H and O–H groups in total. The molecule has 4 heterocycles. The summed E-state index contributed by atoms with van der Waals surface area (Å²) in [7, 11) is 0. The number of hydrogen-bond acceptors (Lipinski definition) is 13. The number of aryl methyl sites for hydroxylation is 1. The van der Waals surface area contributed by atoms with Gasteiger partial charge in [-0.25, -0.2) is 4.98 Å². The summed E-state index contributed by atoms with van der Waals surface area (Å²) in [4.78, 5) is 66.4. The Morgan fingerprint density at radius 2 is 1.56 bits per heavy atom. The maximum absolute atomic E-state index is 14.2. The van der Waals surface area contributed by atoms with Gasteiger partial charge in [0, 0.05) is 36.4 Å². The van der Waals surface area contributed by atoms with E-state index in [4.69, 9.17) is 35.9 Å². The molecule has 0 aliphatic carbocycles. The Kier molecular flexibility index (Phi) is 18.0. The lowest BCUT2D eigenvalue weighted by Gasteiger charge is -2.35. The molecule has 4 aromatic carbocycles. The molecule has 3 aliphatic heterocycles. The van der Waals surface area contributed by atoms with Gasteiger partial charge in [0.25, 0.3) is 11.8 Å². The normalized spacial score (nSPS) is 16.6. The monoisotopic (exact) mass is 1100 g/mol. The number of thiocarbonyl (C=S) groups is 1. The van der Waals surface area contributed by atoms with E-state index in [0.717, 1.165) is 44.3 Å². The molecule has 5 aromatic rings. The number of anilines is 2. The predicted octanol–water partition coefficient (Wildman–Crippen LogP) is 8.72. The fraction of sp³-hybridized carbons (Fsp3) is 0.411. The highest BCUT2D eigenvalue weighted by Crippen LogP contribution is 2.40. The van der Waals surface area contributed by atoms with E-state index in [1.807, 2.05) is 57.2 Å². The van der Waals surface area contributed by atoms with Crippen LogP contribution >= 0.6 is 23.6 Å². The molecule has 0 saturated carbocycles. The second kappa shape index (κ2) is 24.6. The molecular formula is C56H60F3N7O9S2. The molecule has 8 rings (SSSR count). The van der Waals surface area contributed by atoms with Crippen LogP contribution in [-0.4, -0.2) is 121 Å². The molecule has 77 heavy (non-hydrogen) atoms. The number of nitriles is 1. The number of thiazole rings is 1. The molecular weight excluding hydrogens is 1040 g/mol. The van der Waals surface area contributed by atoms with E-state index < -0.39 is 40.8 Å². The number of benzene rings is 4. The number of aromatic nitrogens is 1. The Morgan fingerprint density at radius 3 is 2.19 bits per heavy atom. The Hall–Kier alpha value is -6.96. The largest absolute Gasteiger partial charge is 0.491 e. The fourth-order valence-electron chi connectivity index (χ4n) is 9.73. The number of carbonyl (C=O) groups is 4. The average molecular weight is 1100 g/mol. The topological polar surface area (TPSA) is 176 Å².